The zero-order valence-electron chi connectivity index (χ0n) is 20.9. The number of hydrogen-bond acceptors (Lipinski definition) is 9. The van der Waals surface area contributed by atoms with Gasteiger partial charge in [-0.15, -0.1) is 10.2 Å². The first-order chi connectivity index (χ1) is 17.1. The number of methoxy groups -OCH3 is 1. The molecule has 0 radical (unpaired) electrons. The molecule has 1 aromatic carbocycles. The maximum absolute atomic E-state index is 12.7. The molecule has 0 bridgehead atoms. The second-order valence-electron chi connectivity index (χ2n) is 9.01. The standard InChI is InChI=1S/C17H24N4O3.C8H6ClFO2/c1-11-12(6-7-13(19-11)22-5)23-8-14-20-21-15(24-14)16(2)9-17(3,10-16)18-4;9-7-2-1-6(5-8(7)10)12-4-3-11/h6-7,18H,8-10H2,1-5H3;1-3,5H,4H2. The highest BCUT2D eigenvalue weighted by molar-refractivity contribution is 6.30. The minimum atomic E-state index is -0.555. The number of ether oxygens (including phenoxy) is 3. The molecular weight excluding hydrogens is 491 g/mol. The van der Waals surface area contributed by atoms with Gasteiger partial charge in [-0.25, -0.2) is 9.37 Å². The Morgan fingerprint density at radius 1 is 1.19 bits per heavy atom. The lowest BCUT2D eigenvalue weighted by Gasteiger charge is -2.50. The molecule has 2 heterocycles. The number of carbonyl (C=O) groups is 1. The Morgan fingerprint density at radius 2 is 1.94 bits per heavy atom. The molecule has 1 N–H and O–H groups in total. The number of aryl methyl sites for hydroxylation is 1. The molecule has 3 aromatic rings. The van der Waals surface area contributed by atoms with Crippen LogP contribution in [0.3, 0.4) is 0 Å². The summed E-state index contributed by atoms with van der Waals surface area (Å²) in [6, 6.07) is 7.58. The molecular formula is C25H30ClFN4O5. The van der Waals surface area contributed by atoms with Crippen molar-refractivity contribution in [3.8, 4) is 17.4 Å². The van der Waals surface area contributed by atoms with Crippen LogP contribution >= 0.6 is 11.6 Å². The van der Waals surface area contributed by atoms with Crippen LogP contribution in [0.5, 0.6) is 17.4 Å². The molecule has 194 valence electrons. The average Bonchev–Trinajstić information content (AvgIpc) is 3.33. The molecule has 4 rings (SSSR count). The van der Waals surface area contributed by atoms with E-state index in [9.17, 15) is 9.18 Å². The molecule has 0 saturated heterocycles. The Morgan fingerprint density at radius 3 is 2.56 bits per heavy atom. The van der Waals surface area contributed by atoms with Gasteiger partial charge in [-0.3, -0.25) is 4.79 Å². The predicted octanol–water partition coefficient (Wildman–Crippen LogP) is 4.45. The van der Waals surface area contributed by atoms with Gasteiger partial charge in [0.2, 0.25) is 11.8 Å². The van der Waals surface area contributed by atoms with Crippen LogP contribution in [0.2, 0.25) is 5.02 Å². The number of aldehydes is 1. The molecule has 0 unspecified atom stereocenters. The zero-order chi connectivity index (χ0) is 26.3. The summed E-state index contributed by atoms with van der Waals surface area (Å²) >= 11 is 5.41. The Bertz CT molecular complexity index is 1180. The summed E-state index contributed by atoms with van der Waals surface area (Å²) in [4.78, 5) is 14.2. The van der Waals surface area contributed by atoms with Crippen LogP contribution in [0.4, 0.5) is 4.39 Å². The third kappa shape index (κ3) is 6.70. The van der Waals surface area contributed by atoms with Gasteiger partial charge >= 0.3 is 0 Å². The Hall–Kier alpha value is -3.24. The molecule has 0 atom stereocenters. The van der Waals surface area contributed by atoms with Crippen LogP contribution in [0.25, 0.3) is 0 Å². The van der Waals surface area contributed by atoms with Crippen LogP contribution in [-0.2, 0) is 16.8 Å². The number of rotatable bonds is 9. The summed E-state index contributed by atoms with van der Waals surface area (Å²) in [5, 5.41) is 11.7. The molecule has 11 heteroatoms. The van der Waals surface area contributed by atoms with Crippen molar-refractivity contribution in [1.29, 1.82) is 0 Å². The second-order valence-corrected chi connectivity index (χ2v) is 9.41. The van der Waals surface area contributed by atoms with Gasteiger partial charge in [-0.05, 0) is 51.9 Å². The van der Waals surface area contributed by atoms with Crippen molar-refractivity contribution >= 4 is 17.9 Å². The molecule has 1 fully saturated rings. The van der Waals surface area contributed by atoms with E-state index >= 15 is 0 Å². The fraction of sp³-hybridized carbons (Fsp3) is 0.440. The van der Waals surface area contributed by atoms with Gasteiger partial charge in [-0.2, -0.15) is 0 Å². The Balaban J connectivity index is 0.000000253. The molecule has 0 aliphatic heterocycles. The van der Waals surface area contributed by atoms with E-state index in [1.807, 2.05) is 20.0 Å². The number of halogens is 2. The molecule has 1 aliphatic rings. The number of nitrogens with zero attached hydrogens (tertiary/aromatic N) is 3. The van der Waals surface area contributed by atoms with Gasteiger partial charge in [-0.1, -0.05) is 18.5 Å². The highest BCUT2D eigenvalue weighted by Gasteiger charge is 2.52. The smallest absolute Gasteiger partial charge is 0.253 e. The van der Waals surface area contributed by atoms with E-state index < -0.39 is 5.82 Å². The highest BCUT2D eigenvalue weighted by atomic mass is 35.5. The van der Waals surface area contributed by atoms with Crippen molar-refractivity contribution in [2.45, 2.75) is 51.2 Å². The first-order valence-electron chi connectivity index (χ1n) is 11.3. The number of pyridine rings is 1. The zero-order valence-corrected chi connectivity index (χ0v) is 21.7. The topological polar surface area (TPSA) is 109 Å². The highest BCUT2D eigenvalue weighted by Crippen LogP contribution is 2.49. The van der Waals surface area contributed by atoms with E-state index in [0.29, 0.717) is 35.4 Å². The molecule has 9 nitrogen and oxygen atoms in total. The minimum Gasteiger partial charge on any atom is -0.486 e. The van der Waals surface area contributed by atoms with Gasteiger partial charge in [0.05, 0.1) is 17.8 Å². The molecule has 0 amide bonds. The van der Waals surface area contributed by atoms with E-state index in [0.717, 1.165) is 24.6 Å². The lowest BCUT2D eigenvalue weighted by molar-refractivity contribution is -0.109. The maximum atomic E-state index is 12.7. The summed E-state index contributed by atoms with van der Waals surface area (Å²) in [6.45, 7) is 6.36. The summed E-state index contributed by atoms with van der Waals surface area (Å²) in [5.74, 6) is 2.13. The van der Waals surface area contributed by atoms with Crippen molar-refractivity contribution < 1.29 is 27.8 Å². The molecule has 2 aromatic heterocycles. The van der Waals surface area contributed by atoms with Gasteiger partial charge in [0.1, 0.15) is 23.9 Å². The van der Waals surface area contributed by atoms with Crippen molar-refractivity contribution in [3.05, 3.63) is 58.6 Å². The lowest BCUT2D eigenvalue weighted by atomic mass is 9.59. The molecule has 1 saturated carbocycles. The summed E-state index contributed by atoms with van der Waals surface area (Å²) in [6.07, 6.45) is 2.54. The molecule has 1 aliphatic carbocycles. The van der Waals surface area contributed by atoms with E-state index in [2.05, 4.69) is 34.3 Å². The Labute approximate surface area is 214 Å². The largest absolute Gasteiger partial charge is 0.486 e. The number of carbonyl (C=O) groups excluding carboxylic acids is 1. The van der Waals surface area contributed by atoms with Gasteiger partial charge in [0, 0.05) is 23.1 Å². The fourth-order valence-electron chi connectivity index (χ4n) is 4.18. The second kappa shape index (κ2) is 11.7. The molecule has 36 heavy (non-hydrogen) atoms. The summed E-state index contributed by atoms with van der Waals surface area (Å²) < 4.78 is 34.2. The van der Waals surface area contributed by atoms with E-state index in [1.165, 1.54) is 12.1 Å². The van der Waals surface area contributed by atoms with Crippen LogP contribution in [0, 0.1) is 12.7 Å². The van der Waals surface area contributed by atoms with Crippen LogP contribution in [0.1, 0.15) is 44.2 Å². The van der Waals surface area contributed by atoms with Gasteiger partial charge in [0.15, 0.2) is 12.9 Å². The summed E-state index contributed by atoms with van der Waals surface area (Å²) in [7, 11) is 3.57. The lowest BCUT2D eigenvalue weighted by Crippen LogP contribution is -2.58. The predicted molar refractivity (Wildman–Crippen MR) is 131 cm³/mol. The maximum Gasteiger partial charge on any atom is 0.253 e. The Kier molecular flexibility index (Phi) is 8.86. The van der Waals surface area contributed by atoms with Crippen molar-refractivity contribution in [2.24, 2.45) is 0 Å². The fourth-order valence-corrected chi connectivity index (χ4v) is 4.30. The average molecular weight is 521 g/mol. The number of aromatic nitrogens is 3. The minimum absolute atomic E-state index is 0.0356. The normalized spacial score (nSPS) is 20.5. The van der Waals surface area contributed by atoms with Gasteiger partial charge < -0.3 is 23.9 Å². The molecule has 0 spiro atoms. The third-order valence-corrected chi connectivity index (χ3v) is 6.24. The van der Waals surface area contributed by atoms with Crippen molar-refractivity contribution in [2.75, 3.05) is 20.8 Å². The monoisotopic (exact) mass is 520 g/mol. The number of hydrogen-bond donors (Lipinski definition) is 1. The van der Waals surface area contributed by atoms with E-state index in [4.69, 9.17) is 30.2 Å². The first-order valence-corrected chi connectivity index (χ1v) is 11.7. The van der Waals surface area contributed by atoms with Crippen molar-refractivity contribution in [3.63, 3.8) is 0 Å². The van der Waals surface area contributed by atoms with E-state index in [1.54, 1.807) is 13.2 Å². The van der Waals surface area contributed by atoms with Crippen LogP contribution < -0.4 is 19.5 Å². The number of benzene rings is 1. The first kappa shape index (κ1) is 27.3. The quantitative estimate of drug-likeness (QED) is 0.409. The van der Waals surface area contributed by atoms with Crippen molar-refractivity contribution in [1.82, 2.24) is 20.5 Å². The summed E-state index contributed by atoms with van der Waals surface area (Å²) in [5.41, 5.74) is 0.830. The number of nitrogens with one attached hydrogen (secondary N) is 1. The SMILES string of the molecule is CNC1(C)CC(C)(c2nnc(COc3ccc(OC)nc3C)o2)C1.O=CCOc1ccc(Cl)c(F)c1. The van der Waals surface area contributed by atoms with Gasteiger partial charge in [0.25, 0.3) is 5.89 Å². The van der Waals surface area contributed by atoms with Crippen LogP contribution in [0.15, 0.2) is 34.7 Å². The van der Waals surface area contributed by atoms with Crippen LogP contribution in [-0.4, -0.2) is 47.8 Å². The van der Waals surface area contributed by atoms with E-state index in [-0.39, 0.29) is 29.2 Å². The third-order valence-electron chi connectivity index (χ3n) is 5.93.